The molecule has 1 amide bonds. The molecule has 5 rings (SSSR count). The number of carbonyl (C=O) groups excluding carboxylic acids is 1. The highest BCUT2D eigenvalue weighted by atomic mass is 16.5. The SMILES string of the molecule is Cc1ccc2c(c1)C(C)(C)C1(/C=C/c3ccc(OCc4ccccc4)cc3)NC(=O)CN21. The summed E-state index contributed by atoms with van der Waals surface area (Å²) >= 11 is 0. The Morgan fingerprint density at radius 2 is 1.78 bits per heavy atom. The number of aryl methyl sites for hydroxylation is 1. The Kier molecular flexibility index (Phi) is 4.81. The molecule has 4 heteroatoms. The van der Waals surface area contributed by atoms with E-state index in [0.717, 1.165) is 22.6 Å². The molecule has 1 unspecified atom stereocenters. The third kappa shape index (κ3) is 3.27. The van der Waals surface area contributed by atoms with Crippen LogP contribution < -0.4 is 15.0 Å². The van der Waals surface area contributed by atoms with Crippen LogP contribution in [0, 0.1) is 6.92 Å². The maximum atomic E-state index is 12.5. The molecule has 1 atom stereocenters. The molecule has 2 aliphatic rings. The molecule has 0 aliphatic carbocycles. The van der Waals surface area contributed by atoms with Gasteiger partial charge in [-0.2, -0.15) is 0 Å². The van der Waals surface area contributed by atoms with Crippen molar-refractivity contribution in [3.63, 3.8) is 0 Å². The monoisotopic (exact) mass is 424 g/mol. The minimum absolute atomic E-state index is 0.0543. The fraction of sp³-hybridized carbons (Fsp3) is 0.250. The zero-order chi connectivity index (χ0) is 22.3. The van der Waals surface area contributed by atoms with Crippen molar-refractivity contribution in [2.45, 2.75) is 38.5 Å². The molecule has 2 heterocycles. The average molecular weight is 425 g/mol. The number of anilines is 1. The third-order valence-corrected chi connectivity index (χ3v) is 6.77. The summed E-state index contributed by atoms with van der Waals surface area (Å²) in [5.41, 5.74) is 4.99. The van der Waals surface area contributed by atoms with Crippen LogP contribution >= 0.6 is 0 Å². The van der Waals surface area contributed by atoms with E-state index in [4.69, 9.17) is 4.74 Å². The lowest BCUT2D eigenvalue weighted by Gasteiger charge is -2.40. The lowest BCUT2D eigenvalue weighted by atomic mass is 9.75. The molecular formula is C28H28N2O2. The van der Waals surface area contributed by atoms with E-state index in [1.54, 1.807) is 0 Å². The summed E-state index contributed by atoms with van der Waals surface area (Å²) in [6, 6.07) is 24.7. The van der Waals surface area contributed by atoms with E-state index in [0.29, 0.717) is 13.2 Å². The van der Waals surface area contributed by atoms with E-state index in [-0.39, 0.29) is 11.3 Å². The molecule has 1 fully saturated rings. The van der Waals surface area contributed by atoms with E-state index in [2.05, 4.69) is 73.5 Å². The van der Waals surface area contributed by atoms with Gasteiger partial charge in [-0.15, -0.1) is 0 Å². The second-order valence-electron chi connectivity index (χ2n) is 9.22. The molecule has 0 spiro atoms. The van der Waals surface area contributed by atoms with Crippen molar-refractivity contribution >= 4 is 17.7 Å². The summed E-state index contributed by atoms with van der Waals surface area (Å²) in [6.45, 7) is 7.45. The minimum atomic E-state index is -0.581. The van der Waals surface area contributed by atoms with E-state index in [9.17, 15) is 4.79 Å². The van der Waals surface area contributed by atoms with Crippen LogP contribution in [0.2, 0.25) is 0 Å². The van der Waals surface area contributed by atoms with Crippen LogP contribution in [0.4, 0.5) is 5.69 Å². The van der Waals surface area contributed by atoms with Gasteiger partial charge in [0.25, 0.3) is 0 Å². The Balaban J connectivity index is 1.39. The smallest absolute Gasteiger partial charge is 0.241 e. The normalized spacial score (nSPS) is 20.8. The van der Waals surface area contributed by atoms with Crippen LogP contribution in [-0.4, -0.2) is 18.1 Å². The summed E-state index contributed by atoms with van der Waals surface area (Å²) in [5.74, 6) is 0.891. The van der Waals surface area contributed by atoms with Gasteiger partial charge in [-0.3, -0.25) is 4.79 Å². The highest BCUT2D eigenvalue weighted by Crippen LogP contribution is 2.53. The number of nitrogens with zero attached hydrogens (tertiary/aromatic N) is 1. The van der Waals surface area contributed by atoms with Crippen molar-refractivity contribution in [3.8, 4) is 5.75 Å². The van der Waals surface area contributed by atoms with Crippen molar-refractivity contribution in [2.75, 3.05) is 11.4 Å². The van der Waals surface area contributed by atoms with Gasteiger partial charge in [-0.25, -0.2) is 0 Å². The van der Waals surface area contributed by atoms with Crippen LogP contribution in [-0.2, 0) is 16.8 Å². The molecular weight excluding hydrogens is 396 g/mol. The molecule has 162 valence electrons. The highest BCUT2D eigenvalue weighted by Gasteiger charge is 2.59. The number of fused-ring (bicyclic) bond motifs is 3. The summed E-state index contributed by atoms with van der Waals surface area (Å²) < 4.78 is 5.90. The zero-order valence-electron chi connectivity index (χ0n) is 18.8. The number of benzene rings is 3. The van der Waals surface area contributed by atoms with Crippen molar-refractivity contribution in [1.29, 1.82) is 0 Å². The molecule has 32 heavy (non-hydrogen) atoms. The number of amides is 1. The Bertz CT molecular complexity index is 1180. The molecule has 2 aliphatic heterocycles. The van der Waals surface area contributed by atoms with Crippen LogP contribution in [0.15, 0.2) is 78.9 Å². The Labute approximate surface area is 189 Å². The molecule has 1 saturated heterocycles. The zero-order valence-corrected chi connectivity index (χ0v) is 18.8. The predicted octanol–water partition coefficient (Wildman–Crippen LogP) is 5.21. The predicted molar refractivity (Wildman–Crippen MR) is 129 cm³/mol. The lowest BCUT2D eigenvalue weighted by Crippen LogP contribution is -2.58. The van der Waals surface area contributed by atoms with Crippen molar-refractivity contribution < 1.29 is 9.53 Å². The largest absolute Gasteiger partial charge is 0.489 e. The van der Waals surface area contributed by atoms with Gasteiger partial charge in [-0.05, 0) is 47.9 Å². The minimum Gasteiger partial charge on any atom is -0.489 e. The number of nitrogens with one attached hydrogen (secondary N) is 1. The summed E-state index contributed by atoms with van der Waals surface area (Å²) in [5, 5.41) is 3.28. The summed E-state index contributed by atoms with van der Waals surface area (Å²) in [7, 11) is 0. The molecule has 0 aromatic heterocycles. The van der Waals surface area contributed by atoms with E-state index in [1.165, 1.54) is 11.1 Å². The van der Waals surface area contributed by atoms with Crippen molar-refractivity contribution in [1.82, 2.24) is 5.32 Å². The number of hydrogen-bond donors (Lipinski definition) is 1. The lowest BCUT2D eigenvalue weighted by molar-refractivity contribution is -0.118. The second-order valence-corrected chi connectivity index (χ2v) is 9.22. The highest BCUT2D eigenvalue weighted by molar-refractivity contribution is 5.91. The quantitative estimate of drug-likeness (QED) is 0.611. The number of rotatable bonds is 5. The first-order chi connectivity index (χ1) is 15.4. The number of ether oxygens (including phenoxy) is 1. The van der Waals surface area contributed by atoms with Crippen LogP contribution in [0.5, 0.6) is 5.75 Å². The maximum absolute atomic E-state index is 12.5. The van der Waals surface area contributed by atoms with Crippen LogP contribution in [0.3, 0.4) is 0 Å². The average Bonchev–Trinajstić information content (AvgIpc) is 3.22. The number of carbonyl (C=O) groups is 1. The molecule has 0 saturated carbocycles. The number of hydrogen-bond acceptors (Lipinski definition) is 3. The summed E-state index contributed by atoms with van der Waals surface area (Å²) in [6.07, 6.45) is 4.24. The van der Waals surface area contributed by atoms with E-state index >= 15 is 0 Å². The third-order valence-electron chi connectivity index (χ3n) is 6.77. The molecule has 3 aromatic carbocycles. The Hall–Kier alpha value is -3.53. The van der Waals surface area contributed by atoms with Gasteiger partial charge in [0, 0.05) is 11.1 Å². The second kappa shape index (κ2) is 7.56. The molecule has 0 bridgehead atoms. The van der Waals surface area contributed by atoms with Gasteiger partial charge in [0.1, 0.15) is 18.0 Å². The Morgan fingerprint density at radius 1 is 1.03 bits per heavy atom. The van der Waals surface area contributed by atoms with Gasteiger partial charge in [0.05, 0.1) is 6.54 Å². The molecule has 1 N–H and O–H groups in total. The maximum Gasteiger partial charge on any atom is 0.241 e. The van der Waals surface area contributed by atoms with Gasteiger partial charge >= 0.3 is 0 Å². The fourth-order valence-corrected chi connectivity index (χ4v) is 4.92. The molecule has 0 radical (unpaired) electrons. The van der Waals surface area contributed by atoms with E-state index in [1.807, 2.05) is 42.5 Å². The topological polar surface area (TPSA) is 41.6 Å². The fourth-order valence-electron chi connectivity index (χ4n) is 4.92. The molecule has 3 aromatic rings. The van der Waals surface area contributed by atoms with Crippen molar-refractivity contribution in [3.05, 3.63) is 101 Å². The first-order valence-corrected chi connectivity index (χ1v) is 11.0. The van der Waals surface area contributed by atoms with Gasteiger partial charge in [0.15, 0.2) is 0 Å². The first kappa shape index (κ1) is 20.4. The van der Waals surface area contributed by atoms with Crippen molar-refractivity contribution in [2.24, 2.45) is 0 Å². The standard InChI is InChI=1S/C28H28N2O2/c1-20-9-14-25-24(17-20)27(2,3)28(29-26(31)18-30(25)28)16-15-21-10-12-23(13-11-21)32-19-22-7-5-4-6-8-22/h4-17H,18-19H2,1-3H3,(H,29,31)/b16-15+. The van der Waals surface area contributed by atoms with E-state index < -0.39 is 5.66 Å². The molecule has 4 nitrogen and oxygen atoms in total. The van der Waals surface area contributed by atoms with Crippen LogP contribution in [0.25, 0.3) is 6.08 Å². The van der Waals surface area contributed by atoms with Crippen LogP contribution in [0.1, 0.15) is 36.1 Å². The van der Waals surface area contributed by atoms with Gasteiger partial charge < -0.3 is 15.0 Å². The summed E-state index contributed by atoms with van der Waals surface area (Å²) in [4.78, 5) is 14.7. The first-order valence-electron chi connectivity index (χ1n) is 11.0. The van der Waals surface area contributed by atoms with Gasteiger partial charge in [0.2, 0.25) is 5.91 Å². The Morgan fingerprint density at radius 3 is 2.53 bits per heavy atom. The van der Waals surface area contributed by atoms with Gasteiger partial charge in [-0.1, -0.05) is 80.1 Å².